The Kier molecular flexibility index (Phi) is 11.6. The second-order valence-corrected chi connectivity index (χ2v) is 5.30. The summed E-state index contributed by atoms with van der Waals surface area (Å²) in [5.74, 6) is 0.233. The summed E-state index contributed by atoms with van der Waals surface area (Å²) in [6.07, 6.45) is 12.9. The lowest BCUT2D eigenvalue weighted by Crippen LogP contribution is -1.95. The molecule has 0 fully saturated rings. The first-order valence-electron chi connectivity index (χ1n) is 7.38. The molecule has 1 N–H and O–H groups in total. The van der Waals surface area contributed by atoms with E-state index in [1.54, 1.807) is 0 Å². The molecule has 102 valence electrons. The van der Waals surface area contributed by atoms with E-state index in [-0.39, 0.29) is 0 Å². The molecule has 0 heterocycles. The lowest BCUT2D eigenvalue weighted by Gasteiger charge is -2.09. The first-order valence-corrected chi connectivity index (χ1v) is 7.38. The predicted molar refractivity (Wildman–Crippen MR) is 73.3 cm³/mol. The number of unbranched alkanes of at least 4 members (excludes halogenated alkanes) is 6. The molecule has 0 saturated carbocycles. The van der Waals surface area contributed by atoms with Gasteiger partial charge >= 0.3 is 5.97 Å². The third-order valence-electron chi connectivity index (χ3n) is 3.39. The molecule has 0 radical (unpaired) electrons. The Morgan fingerprint density at radius 1 is 0.941 bits per heavy atom. The third-order valence-corrected chi connectivity index (χ3v) is 3.39. The summed E-state index contributed by atoms with van der Waals surface area (Å²) in [6, 6.07) is 0. The van der Waals surface area contributed by atoms with E-state index < -0.39 is 5.97 Å². The topological polar surface area (TPSA) is 37.3 Å². The Hall–Kier alpha value is -0.530. The fourth-order valence-electron chi connectivity index (χ4n) is 2.17. The molecular weight excluding hydrogens is 212 g/mol. The minimum Gasteiger partial charge on any atom is -0.481 e. The van der Waals surface area contributed by atoms with Crippen LogP contribution in [0.2, 0.25) is 0 Å². The van der Waals surface area contributed by atoms with Crippen LogP contribution in [0.1, 0.15) is 84.5 Å². The van der Waals surface area contributed by atoms with Gasteiger partial charge in [0.25, 0.3) is 0 Å². The number of aliphatic carboxylic acids is 1. The second-order valence-electron chi connectivity index (χ2n) is 5.30. The minimum absolute atomic E-state index is 0.341. The highest BCUT2D eigenvalue weighted by Gasteiger charge is 2.01. The molecular formula is C15H30O2. The van der Waals surface area contributed by atoms with Gasteiger partial charge in [-0.15, -0.1) is 0 Å². The Balaban J connectivity index is 3.10. The van der Waals surface area contributed by atoms with Crippen molar-refractivity contribution in [2.24, 2.45) is 5.92 Å². The summed E-state index contributed by atoms with van der Waals surface area (Å²) in [6.45, 7) is 4.62. The SMILES string of the molecule is CCCCC(C)CCCCCCCCC(=O)O. The van der Waals surface area contributed by atoms with Crippen LogP contribution >= 0.6 is 0 Å². The zero-order valence-corrected chi connectivity index (χ0v) is 11.7. The van der Waals surface area contributed by atoms with Crippen molar-refractivity contribution in [3.8, 4) is 0 Å². The molecule has 0 aliphatic carbocycles. The van der Waals surface area contributed by atoms with Crippen molar-refractivity contribution in [1.29, 1.82) is 0 Å². The number of hydrogen-bond acceptors (Lipinski definition) is 1. The van der Waals surface area contributed by atoms with E-state index in [1.807, 2.05) is 0 Å². The maximum atomic E-state index is 10.3. The van der Waals surface area contributed by atoms with Gasteiger partial charge in [-0.3, -0.25) is 4.79 Å². The predicted octanol–water partition coefficient (Wildman–Crippen LogP) is 5.02. The molecule has 0 aliphatic rings. The van der Waals surface area contributed by atoms with Crippen LogP contribution in [0.4, 0.5) is 0 Å². The van der Waals surface area contributed by atoms with Crippen molar-refractivity contribution >= 4 is 5.97 Å². The summed E-state index contributed by atoms with van der Waals surface area (Å²) in [5.41, 5.74) is 0. The van der Waals surface area contributed by atoms with Gasteiger partial charge < -0.3 is 5.11 Å². The van der Waals surface area contributed by atoms with Gasteiger partial charge in [0.2, 0.25) is 0 Å². The van der Waals surface area contributed by atoms with Crippen molar-refractivity contribution < 1.29 is 9.90 Å². The van der Waals surface area contributed by atoms with Gasteiger partial charge in [-0.05, 0) is 12.3 Å². The van der Waals surface area contributed by atoms with Gasteiger partial charge in [0, 0.05) is 6.42 Å². The number of carboxylic acids is 1. The van der Waals surface area contributed by atoms with Crippen LogP contribution in [-0.2, 0) is 4.79 Å². The lowest BCUT2D eigenvalue weighted by molar-refractivity contribution is -0.137. The second kappa shape index (κ2) is 11.9. The van der Waals surface area contributed by atoms with Crippen molar-refractivity contribution in [1.82, 2.24) is 0 Å². The summed E-state index contributed by atoms with van der Waals surface area (Å²) in [4.78, 5) is 10.3. The third kappa shape index (κ3) is 13.4. The van der Waals surface area contributed by atoms with Crippen molar-refractivity contribution in [3.63, 3.8) is 0 Å². The van der Waals surface area contributed by atoms with E-state index >= 15 is 0 Å². The molecule has 0 aromatic heterocycles. The molecule has 0 aromatic rings. The van der Waals surface area contributed by atoms with Crippen molar-refractivity contribution in [3.05, 3.63) is 0 Å². The quantitative estimate of drug-likeness (QED) is 0.488. The fraction of sp³-hybridized carbons (Fsp3) is 0.933. The van der Waals surface area contributed by atoms with Crippen LogP contribution in [0.15, 0.2) is 0 Å². The Bertz CT molecular complexity index is 178. The summed E-state index contributed by atoms with van der Waals surface area (Å²) in [7, 11) is 0. The van der Waals surface area contributed by atoms with Crippen LogP contribution in [0, 0.1) is 5.92 Å². The molecule has 0 aromatic carbocycles. The molecule has 0 bridgehead atoms. The summed E-state index contributed by atoms with van der Waals surface area (Å²) in [5, 5.41) is 8.49. The van der Waals surface area contributed by atoms with E-state index in [9.17, 15) is 4.79 Å². The van der Waals surface area contributed by atoms with Gasteiger partial charge in [-0.1, -0.05) is 71.6 Å². The Labute approximate surface area is 107 Å². The molecule has 0 spiro atoms. The fourth-order valence-corrected chi connectivity index (χ4v) is 2.17. The van der Waals surface area contributed by atoms with Gasteiger partial charge in [0.05, 0.1) is 0 Å². The van der Waals surface area contributed by atoms with E-state index in [0.717, 1.165) is 18.8 Å². The molecule has 17 heavy (non-hydrogen) atoms. The molecule has 1 atom stereocenters. The first kappa shape index (κ1) is 16.5. The zero-order chi connectivity index (χ0) is 12.9. The summed E-state index contributed by atoms with van der Waals surface area (Å²) < 4.78 is 0. The van der Waals surface area contributed by atoms with Gasteiger partial charge in [-0.25, -0.2) is 0 Å². The van der Waals surface area contributed by atoms with E-state index in [2.05, 4.69) is 13.8 Å². The normalized spacial score (nSPS) is 12.6. The first-order chi connectivity index (χ1) is 8.16. The number of rotatable bonds is 12. The minimum atomic E-state index is -0.658. The van der Waals surface area contributed by atoms with E-state index in [1.165, 1.54) is 51.4 Å². The van der Waals surface area contributed by atoms with Crippen LogP contribution in [0.25, 0.3) is 0 Å². The average molecular weight is 242 g/mol. The van der Waals surface area contributed by atoms with Crippen LogP contribution in [0.5, 0.6) is 0 Å². The highest BCUT2D eigenvalue weighted by atomic mass is 16.4. The molecule has 0 aliphatic heterocycles. The molecule has 2 nitrogen and oxygen atoms in total. The Morgan fingerprint density at radius 2 is 1.47 bits per heavy atom. The standard InChI is InChI=1S/C15H30O2/c1-3-4-11-14(2)12-9-7-5-6-8-10-13-15(16)17/h14H,3-13H2,1-2H3,(H,16,17). The van der Waals surface area contributed by atoms with Crippen molar-refractivity contribution in [2.45, 2.75) is 84.5 Å². The lowest BCUT2D eigenvalue weighted by atomic mass is 9.97. The van der Waals surface area contributed by atoms with E-state index in [0.29, 0.717) is 6.42 Å². The largest absolute Gasteiger partial charge is 0.481 e. The van der Waals surface area contributed by atoms with Gasteiger partial charge in [0.15, 0.2) is 0 Å². The van der Waals surface area contributed by atoms with Crippen LogP contribution in [0.3, 0.4) is 0 Å². The number of carbonyl (C=O) groups is 1. The van der Waals surface area contributed by atoms with Crippen LogP contribution in [-0.4, -0.2) is 11.1 Å². The summed E-state index contributed by atoms with van der Waals surface area (Å²) >= 11 is 0. The van der Waals surface area contributed by atoms with Crippen molar-refractivity contribution in [2.75, 3.05) is 0 Å². The smallest absolute Gasteiger partial charge is 0.303 e. The maximum Gasteiger partial charge on any atom is 0.303 e. The molecule has 0 saturated heterocycles. The average Bonchev–Trinajstić information content (AvgIpc) is 2.29. The Morgan fingerprint density at radius 3 is 2.06 bits per heavy atom. The highest BCUT2D eigenvalue weighted by Crippen LogP contribution is 2.16. The highest BCUT2D eigenvalue weighted by molar-refractivity contribution is 5.66. The molecule has 0 rings (SSSR count). The molecule has 2 heteroatoms. The molecule has 0 amide bonds. The van der Waals surface area contributed by atoms with Gasteiger partial charge in [0.1, 0.15) is 0 Å². The number of carboxylic acid groups (broad SMARTS) is 1. The molecule has 1 unspecified atom stereocenters. The van der Waals surface area contributed by atoms with E-state index in [4.69, 9.17) is 5.11 Å². The zero-order valence-electron chi connectivity index (χ0n) is 11.7. The monoisotopic (exact) mass is 242 g/mol. The van der Waals surface area contributed by atoms with Crippen LogP contribution < -0.4 is 0 Å². The number of hydrogen-bond donors (Lipinski definition) is 1. The maximum absolute atomic E-state index is 10.3. The van der Waals surface area contributed by atoms with Gasteiger partial charge in [-0.2, -0.15) is 0 Å².